The Morgan fingerprint density at radius 3 is 2.61 bits per heavy atom. The lowest BCUT2D eigenvalue weighted by atomic mass is 10.2. The fraction of sp³-hybridized carbons (Fsp3) is 0.346. The second-order valence-electron chi connectivity index (χ2n) is 8.82. The van der Waals surface area contributed by atoms with Gasteiger partial charge in [-0.3, -0.25) is 4.57 Å². The summed E-state index contributed by atoms with van der Waals surface area (Å²) >= 11 is 0. The van der Waals surface area contributed by atoms with Crippen molar-refractivity contribution >= 4 is 17.0 Å². The molecular weight excluding hydrogens is 460 g/mol. The predicted molar refractivity (Wildman–Crippen MR) is 136 cm³/mol. The highest BCUT2D eigenvalue weighted by Gasteiger charge is 2.17. The Balaban J connectivity index is 1.32. The van der Waals surface area contributed by atoms with E-state index in [0.717, 1.165) is 49.5 Å². The lowest BCUT2D eigenvalue weighted by Crippen LogP contribution is -2.45. The number of hydrogen-bond donors (Lipinski definition) is 3. The Hall–Kier alpha value is -3.89. The molecule has 1 aliphatic heterocycles. The first-order valence-electron chi connectivity index (χ1n) is 12.1. The van der Waals surface area contributed by atoms with Gasteiger partial charge in [0.1, 0.15) is 17.0 Å². The molecule has 1 fully saturated rings. The van der Waals surface area contributed by atoms with Crippen LogP contribution in [0.3, 0.4) is 0 Å². The van der Waals surface area contributed by atoms with Crippen LogP contribution < -0.4 is 26.2 Å². The van der Waals surface area contributed by atoms with Crippen molar-refractivity contribution in [1.82, 2.24) is 24.8 Å². The van der Waals surface area contributed by atoms with Gasteiger partial charge in [0.15, 0.2) is 11.5 Å². The van der Waals surface area contributed by atoms with Gasteiger partial charge in [-0.25, -0.2) is 4.79 Å². The molecule has 0 aliphatic carbocycles. The van der Waals surface area contributed by atoms with Gasteiger partial charge in [-0.1, -0.05) is 37.6 Å². The molecule has 36 heavy (non-hydrogen) atoms. The van der Waals surface area contributed by atoms with Gasteiger partial charge in [-0.2, -0.15) is 9.97 Å². The summed E-state index contributed by atoms with van der Waals surface area (Å²) in [7, 11) is 0. The van der Waals surface area contributed by atoms with Crippen molar-refractivity contribution in [3.05, 3.63) is 70.1 Å². The number of fused-ring (bicyclic) bond motifs is 1. The van der Waals surface area contributed by atoms with Crippen LogP contribution in [0.4, 0.5) is 5.82 Å². The molecule has 4 N–H and O–H groups in total. The van der Waals surface area contributed by atoms with E-state index in [0.29, 0.717) is 29.6 Å². The molecule has 2 aromatic heterocycles. The second kappa shape index (κ2) is 10.8. The SMILES string of the molecule is CCCCOc1nc(N)c2[nH]c(=O)n(Cc3cccc(Oc4cccc(CNC5COC5)c4)c3)c2n1. The normalized spacial score (nSPS) is 13.6. The number of unbranched alkanes of at least 4 members (excludes halogenated alkanes) is 1. The minimum atomic E-state index is -0.319. The lowest BCUT2D eigenvalue weighted by molar-refractivity contribution is -0.00578. The average molecular weight is 491 g/mol. The molecule has 3 heterocycles. The van der Waals surface area contributed by atoms with Crippen molar-refractivity contribution in [3.63, 3.8) is 0 Å². The number of nitrogens with one attached hydrogen (secondary N) is 2. The summed E-state index contributed by atoms with van der Waals surface area (Å²) in [5.74, 6) is 1.60. The Kier molecular flexibility index (Phi) is 7.15. The van der Waals surface area contributed by atoms with Gasteiger partial charge < -0.3 is 30.2 Å². The van der Waals surface area contributed by atoms with Crippen LogP contribution in [-0.2, 0) is 17.8 Å². The Morgan fingerprint density at radius 1 is 1.14 bits per heavy atom. The molecule has 0 atom stereocenters. The lowest BCUT2D eigenvalue weighted by Gasteiger charge is -2.27. The van der Waals surface area contributed by atoms with E-state index in [1.165, 1.54) is 4.57 Å². The molecule has 0 unspecified atom stereocenters. The highest BCUT2D eigenvalue weighted by molar-refractivity contribution is 5.81. The highest BCUT2D eigenvalue weighted by atomic mass is 16.5. The Bertz CT molecular complexity index is 1390. The quantitative estimate of drug-likeness (QED) is 0.273. The Labute approximate surface area is 208 Å². The molecule has 10 nitrogen and oxygen atoms in total. The summed E-state index contributed by atoms with van der Waals surface area (Å²) in [6.45, 7) is 5.12. The molecule has 188 valence electrons. The molecule has 0 radical (unpaired) electrons. The van der Waals surface area contributed by atoms with Crippen LogP contribution in [0.15, 0.2) is 53.3 Å². The molecule has 0 amide bonds. The summed E-state index contributed by atoms with van der Waals surface area (Å²) in [5, 5.41) is 3.46. The molecule has 2 aromatic carbocycles. The van der Waals surface area contributed by atoms with Crippen LogP contribution in [0.25, 0.3) is 11.2 Å². The summed E-state index contributed by atoms with van der Waals surface area (Å²) in [4.78, 5) is 24.1. The molecule has 1 saturated heterocycles. The van der Waals surface area contributed by atoms with Crippen LogP contribution >= 0.6 is 0 Å². The fourth-order valence-electron chi connectivity index (χ4n) is 3.91. The molecule has 5 rings (SSSR count). The minimum Gasteiger partial charge on any atom is -0.463 e. The van der Waals surface area contributed by atoms with Crippen molar-refractivity contribution in [2.75, 3.05) is 25.6 Å². The number of nitrogen functional groups attached to an aromatic ring is 1. The number of anilines is 1. The van der Waals surface area contributed by atoms with E-state index in [9.17, 15) is 4.79 Å². The van der Waals surface area contributed by atoms with E-state index in [4.69, 9.17) is 19.9 Å². The van der Waals surface area contributed by atoms with Gasteiger partial charge in [-0.05, 0) is 41.8 Å². The zero-order valence-corrected chi connectivity index (χ0v) is 20.2. The van der Waals surface area contributed by atoms with Gasteiger partial charge >= 0.3 is 11.7 Å². The first kappa shape index (κ1) is 23.8. The molecule has 0 spiro atoms. The van der Waals surface area contributed by atoms with Crippen LogP contribution in [0, 0.1) is 0 Å². The number of H-pyrrole nitrogens is 1. The van der Waals surface area contributed by atoms with Crippen LogP contribution in [0.2, 0.25) is 0 Å². The zero-order valence-electron chi connectivity index (χ0n) is 20.2. The highest BCUT2D eigenvalue weighted by Crippen LogP contribution is 2.25. The first-order chi connectivity index (χ1) is 17.6. The maximum Gasteiger partial charge on any atom is 0.328 e. The number of aromatic nitrogens is 4. The standard InChI is InChI=1S/C26H30N6O4/c1-2-3-10-35-25-30-23(27)22-24(31-25)32(26(33)29-22)14-18-7-5-9-21(12-18)36-20-8-4-6-17(11-20)13-28-19-15-34-16-19/h4-9,11-12,19,28H,2-3,10,13-16H2,1H3,(H,29,33)(H2,27,30,31). The number of nitrogens with zero attached hydrogens (tertiary/aromatic N) is 3. The third-order valence-corrected chi connectivity index (χ3v) is 5.97. The first-order valence-corrected chi connectivity index (χ1v) is 12.1. The van der Waals surface area contributed by atoms with Crippen molar-refractivity contribution in [1.29, 1.82) is 0 Å². The smallest absolute Gasteiger partial charge is 0.328 e. The third kappa shape index (κ3) is 5.50. The molecule has 0 saturated carbocycles. The van der Waals surface area contributed by atoms with E-state index in [1.807, 2.05) is 42.5 Å². The van der Waals surface area contributed by atoms with Gasteiger partial charge in [0, 0.05) is 6.54 Å². The van der Waals surface area contributed by atoms with Crippen LogP contribution in [0.5, 0.6) is 17.5 Å². The zero-order chi connectivity index (χ0) is 24.9. The molecule has 4 aromatic rings. The maximum atomic E-state index is 12.7. The monoisotopic (exact) mass is 490 g/mol. The average Bonchev–Trinajstić information content (AvgIpc) is 3.14. The van der Waals surface area contributed by atoms with Crippen molar-refractivity contribution in [3.8, 4) is 17.5 Å². The summed E-state index contributed by atoms with van der Waals surface area (Å²) in [6.07, 6.45) is 1.87. The Morgan fingerprint density at radius 2 is 1.89 bits per heavy atom. The van der Waals surface area contributed by atoms with E-state index in [-0.39, 0.29) is 24.1 Å². The number of imidazole rings is 1. The maximum absolute atomic E-state index is 12.7. The minimum absolute atomic E-state index is 0.164. The van der Waals surface area contributed by atoms with E-state index in [2.05, 4.69) is 33.3 Å². The summed E-state index contributed by atoms with van der Waals surface area (Å²) < 4.78 is 18.5. The number of aromatic amines is 1. The summed E-state index contributed by atoms with van der Waals surface area (Å²) in [5.41, 5.74) is 8.56. The van der Waals surface area contributed by atoms with Crippen molar-refractivity contribution in [2.45, 2.75) is 38.9 Å². The van der Waals surface area contributed by atoms with Crippen LogP contribution in [0.1, 0.15) is 30.9 Å². The number of benzene rings is 2. The third-order valence-electron chi connectivity index (χ3n) is 5.97. The van der Waals surface area contributed by atoms with Crippen molar-refractivity contribution < 1.29 is 14.2 Å². The number of hydrogen-bond acceptors (Lipinski definition) is 8. The topological polar surface area (TPSA) is 129 Å². The van der Waals surface area contributed by atoms with Gasteiger partial charge in [-0.15, -0.1) is 0 Å². The number of ether oxygens (including phenoxy) is 3. The fourth-order valence-corrected chi connectivity index (χ4v) is 3.91. The molecule has 1 aliphatic rings. The summed E-state index contributed by atoms with van der Waals surface area (Å²) in [6, 6.07) is 16.2. The molecular formula is C26H30N6O4. The molecule has 10 heteroatoms. The largest absolute Gasteiger partial charge is 0.463 e. The van der Waals surface area contributed by atoms with Gasteiger partial charge in [0.2, 0.25) is 0 Å². The van der Waals surface area contributed by atoms with E-state index >= 15 is 0 Å². The molecule has 0 bridgehead atoms. The second-order valence-corrected chi connectivity index (χ2v) is 8.82. The van der Waals surface area contributed by atoms with E-state index in [1.54, 1.807) is 0 Å². The van der Waals surface area contributed by atoms with Gasteiger partial charge in [0.25, 0.3) is 0 Å². The van der Waals surface area contributed by atoms with Crippen LogP contribution in [-0.4, -0.2) is 45.4 Å². The van der Waals surface area contributed by atoms with Crippen molar-refractivity contribution in [2.24, 2.45) is 0 Å². The predicted octanol–water partition coefficient (Wildman–Crippen LogP) is 3.21. The number of rotatable bonds is 11. The van der Waals surface area contributed by atoms with Gasteiger partial charge in [0.05, 0.1) is 32.4 Å². The number of nitrogens with two attached hydrogens (primary N) is 1. The van der Waals surface area contributed by atoms with E-state index < -0.39 is 0 Å².